The lowest BCUT2D eigenvalue weighted by Gasteiger charge is -2.17. The van der Waals surface area contributed by atoms with Gasteiger partial charge >= 0.3 is 23.9 Å². The molecule has 1 atom stereocenters. The SMILES string of the molecule is CCOC(=O)c1cc(NC(=O)COC(=O)CC(NC(N)=O)c2ccc(Cl)cc2)cc(C(=O)OCC)c1. The molecule has 0 aromatic heterocycles. The van der Waals surface area contributed by atoms with Gasteiger partial charge in [-0.1, -0.05) is 23.7 Å². The molecule has 0 bridgehead atoms. The van der Waals surface area contributed by atoms with Crippen LogP contribution in [0.5, 0.6) is 0 Å². The van der Waals surface area contributed by atoms with E-state index in [2.05, 4.69) is 10.6 Å². The molecule has 1 unspecified atom stereocenters. The van der Waals surface area contributed by atoms with Crippen LogP contribution in [0.25, 0.3) is 0 Å². The minimum atomic E-state index is -0.848. The van der Waals surface area contributed by atoms with E-state index in [1.54, 1.807) is 38.1 Å². The van der Waals surface area contributed by atoms with Gasteiger partial charge in [-0.2, -0.15) is 0 Å². The second-order valence-corrected chi connectivity index (χ2v) is 7.70. The molecular formula is C24H26ClN3O8. The topological polar surface area (TPSA) is 163 Å². The maximum absolute atomic E-state index is 12.4. The molecule has 4 N–H and O–H groups in total. The standard InChI is InChI=1S/C24H26ClN3O8/c1-3-34-22(31)15-9-16(23(32)35-4-2)11-18(10-15)27-20(29)13-36-21(30)12-19(28-24(26)33)14-5-7-17(25)8-6-14/h5-11,19H,3-4,12-13H2,1-2H3,(H,27,29)(H3,26,28,33). The van der Waals surface area contributed by atoms with Crippen molar-refractivity contribution in [1.82, 2.24) is 5.32 Å². The average Bonchev–Trinajstić information content (AvgIpc) is 2.82. The second-order valence-electron chi connectivity index (χ2n) is 7.27. The van der Waals surface area contributed by atoms with Gasteiger partial charge in [-0.25, -0.2) is 14.4 Å². The Morgan fingerprint density at radius 1 is 0.889 bits per heavy atom. The molecule has 0 saturated heterocycles. The smallest absolute Gasteiger partial charge is 0.338 e. The van der Waals surface area contributed by atoms with Gasteiger partial charge in [-0.3, -0.25) is 9.59 Å². The van der Waals surface area contributed by atoms with Crippen LogP contribution in [-0.2, 0) is 23.8 Å². The van der Waals surface area contributed by atoms with E-state index >= 15 is 0 Å². The fraction of sp³-hybridized carbons (Fsp3) is 0.292. The zero-order chi connectivity index (χ0) is 26.7. The van der Waals surface area contributed by atoms with Gasteiger partial charge in [-0.05, 0) is 49.7 Å². The lowest BCUT2D eigenvalue weighted by atomic mass is 10.0. The summed E-state index contributed by atoms with van der Waals surface area (Å²) in [7, 11) is 0. The Hall–Kier alpha value is -4.12. The molecular weight excluding hydrogens is 494 g/mol. The van der Waals surface area contributed by atoms with Gasteiger partial charge in [0.05, 0.1) is 36.8 Å². The number of ether oxygens (including phenoxy) is 3. The summed E-state index contributed by atoms with van der Waals surface area (Å²) in [5.74, 6) is -2.90. The summed E-state index contributed by atoms with van der Waals surface area (Å²) in [5, 5.41) is 5.36. The quantitative estimate of drug-likeness (QED) is 0.301. The van der Waals surface area contributed by atoms with Gasteiger partial charge in [-0.15, -0.1) is 0 Å². The number of anilines is 1. The van der Waals surface area contributed by atoms with Gasteiger partial charge in [0.15, 0.2) is 6.61 Å². The number of carbonyl (C=O) groups excluding carboxylic acids is 5. The van der Waals surface area contributed by atoms with Crippen molar-refractivity contribution in [2.75, 3.05) is 25.1 Å². The van der Waals surface area contributed by atoms with E-state index in [0.29, 0.717) is 10.6 Å². The van der Waals surface area contributed by atoms with Crippen molar-refractivity contribution >= 4 is 47.1 Å². The van der Waals surface area contributed by atoms with Crippen LogP contribution >= 0.6 is 11.6 Å². The Morgan fingerprint density at radius 2 is 1.44 bits per heavy atom. The van der Waals surface area contributed by atoms with Crippen molar-refractivity contribution in [2.24, 2.45) is 5.73 Å². The molecule has 0 spiro atoms. The van der Waals surface area contributed by atoms with E-state index in [0.717, 1.165) is 0 Å². The lowest BCUT2D eigenvalue weighted by molar-refractivity contribution is -0.147. The molecule has 0 aliphatic carbocycles. The second kappa shape index (κ2) is 13.7. The van der Waals surface area contributed by atoms with Crippen LogP contribution in [0, 0.1) is 0 Å². The fourth-order valence-corrected chi connectivity index (χ4v) is 3.18. The predicted octanol–water partition coefficient (Wildman–Crippen LogP) is 2.97. The number of benzene rings is 2. The molecule has 11 nitrogen and oxygen atoms in total. The number of nitrogens with one attached hydrogen (secondary N) is 2. The van der Waals surface area contributed by atoms with Crippen LogP contribution in [-0.4, -0.2) is 49.7 Å². The van der Waals surface area contributed by atoms with Gasteiger partial charge < -0.3 is 30.6 Å². The van der Waals surface area contributed by atoms with Crippen LogP contribution in [0.3, 0.4) is 0 Å². The minimum absolute atomic E-state index is 0.0260. The highest BCUT2D eigenvalue weighted by atomic mass is 35.5. The highest BCUT2D eigenvalue weighted by molar-refractivity contribution is 6.30. The summed E-state index contributed by atoms with van der Waals surface area (Å²) >= 11 is 5.86. The number of esters is 3. The van der Waals surface area contributed by atoms with Gasteiger partial charge in [0.25, 0.3) is 5.91 Å². The molecule has 2 aromatic rings. The first-order chi connectivity index (χ1) is 17.1. The van der Waals surface area contributed by atoms with Crippen molar-refractivity contribution in [3.05, 3.63) is 64.2 Å². The summed E-state index contributed by atoms with van der Waals surface area (Å²) in [5.41, 5.74) is 5.90. The van der Waals surface area contributed by atoms with Crippen molar-refractivity contribution in [1.29, 1.82) is 0 Å². The Labute approximate surface area is 212 Å². The van der Waals surface area contributed by atoms with Gasteiger partial charge in [0.2, 0.25) is 0 Å². The van der Waals surface area contributed by atoms with Gasteiger partial charge in [0.1, 0.15) is 0 Å². The highest BCUT2D eigenvalue weighted by Gasteiger charge is 2.20. The molecule has 0 aliphatic rings. The molecule has 0 aliphatic heterocycles. The average molecular weight is 520 g/mol. The van der Waals surface area contributed by atoms with Crippen LogP contribution in [0.1, 0.15) is 52.6 Å². The summed E-state index contributed by atoms with van der Waals surface area (Å²) in [6.45, 7) is 2.81. The van der Waals surface area contributed by atoms with Crippen LogP contribution in [0.15, 0.2) is 42.5 Å². The Kier molecular flexibility index (Phi) is 10.7. The zero-order valence-electron chi connectivity index (χ0n) is 19.7. The first-order valence-electron chi connectivity index (χ1n) is 10.9. The van der Waals surface area contributed by atoms with Crippen molar-refractivity contribution in [3.8, 4) is 0 Å². The Balaban J connectivity index is 2.06. The highest BCUT2D eigenvalue weighted by Crippen LogP contribution is 2.20. The summed E-state index contributed by atoms with van der Waals surface area (Å²) in [6.07, 6.45) is -0.302. The molecule has 36 heavy (non-hydrogen) atoms. The largest absolute Gasteiger partial charge is 0.462 e. The predicted molar refractivity (Wildman–Crippen MR) is 129 cm³/mol. The van der Waals surface area contributed by atoms with E-state index in [9.17, 15) is 24.0 Å². The van der Waals surface area contributed by atoms with Gasteiger partial charge in [0, 0.05) is 10.7 Å². The van der Waals surface area contributed by atoms with Crippen molar-refractivity contribution < 1.29 is 38.2 Å². The summed E-state index contributed by atoms with van der Waals surface area (Å²) in [6, 6.07) is 8.65. The molecule has 3 amide bonds. The third-order valence-corrected chi connectivity index (χ3v) is 4.81. The molecule has 0 radical (unpaired) electrons. The molecule has 12 heteroatoms. The third kappa shape index (κ3) is 8.91. The normalized spacial score (nSPS) is 11.1. The number of amides is 3. The number of urea groups is 1. The molecule has 0 saturated carbocycles. The Morgan fingerprint density at radius 3 is 1.94 bits per heavy atom. The number of primary amides is 1. The minimum Gasteiger partial charge on any atom is -0.462 e. The van der Waals surface area contributed by atoms with Crippen molar-refractivity contribution in [3.63, 3.8) is 0 Å². The molecule has 192 valence electrons. The molecule has 2 rings (SSSR count). The van der Waals surface area contributed by atoms with Crippen LogP contribution in [0.2, 0.25) is 5.02 Å². The maximum Gasteiger partial charge on any atom is 0.338 e. The number of carbonyl (C=O) groups is 5. The van der Waals surface area contributed by atoms with Crippen LogP contribution in [0.4, 0.5) is 10.5 Å². The molecule has 0 fully saturated rings. The Bertz CT molecular complexity index is 1080. The van der Waals surface area contributed by atoms with Crippen LogP contribution < -0.4 is 16.4 Å². The fourth-order valence-electron chi connectivity index (χ4n) is 3.05. The van der Waals surface area contributed by atoms with E-state index in [1.165, 1.54) is 18.2 Å². The monoisotopic (exact) mass is 519 g/mol. The zero-order valence-corrected chi connectivity index (χ0v) is 20.4. The first-order valence-corrected chi connectivity index (χ1v) is 11.3. The first kappa shape index (κ1) is 28.1. The van der Waals surface area contributed by atoms with E-state index in [4.69, 9.17) is 31.5 Å². The van der Waals surface area contributed by atoms with E-state index in [-0.39, 0.29) is 36.4 Å². The number of nitrogens with two attached hydrogens (primary N) is 1. The summed E-state index contributed by atoms with van der Waals surface area (Å²) < 4.78 is 14.9. The lowest BCUT2D eigenvalue weighted by Crippen LogP contribution is -2.35. The third-order valence-electron chi connectivity index (χ3n) is 4.56. The number of rotatable bonds is 11. The number of halogens is 1. The maximum atomic E-state index is 12.4. The number of hydrogen-bond donors (Lipinski definition) is 3. The summed E-state index contributed by atoms with van der Waals surface area (Å²) in [4.78, 5) is 60.3. The molecule has 2 aromatic carbocycles. The van der Waals surface area contributed by atoms with E-state index < -0.39 is 42.5 Å². The number of hydrogen-bond acceptors (Lipinski definition) is 8. The van der Waals surface area contributed by atoms with Crippen molar-refractivity contribution in [2.45, 2.75) is 26.3 Å². The molecule has 0 heterocycles. The van der Waals surface area contributed by atoms with E-state index in [1.807, 2.05) is 0 Å².